The Hall–Kier alpha value is -1.32. The lowest BCUT2D eigenvalue weighted by Gasteiger charge is -2.33. The van der Waals surface area contributed by atoms with Crippen molar-refractivity contribution in [2.24, 2.45) is 0 Å². The maximum Gasteiger partial charge on any atom is 0.119 e. The van der Waals surface area contributed by atoms with E-state index in [0.717, 1.165) is 23.5 Å². The number of hydrogen-bond donors (Lipinski definition) is 1. The zero-order valence-electron chi connectivity index (χ0n) is 11.3. The van der Waals surface area contributed by atoms with Gasteiger partial charge in [-0.2, -0.15) is 0 Å². The number of ether oxygens (including phenoxy) is 1. The number of aliphatic hydroxyl groups is 1. The lowest BCUT2D eigenvalue weighted by molar-refractivity contribution is 0.0259. The summed E-state index contributed by atoms with van der Waals surface area (Å²) in [6, 6.07) is 10.3. The number of benzene rings is 1. The number of aryl methyl sites for hydroxylation is 2. The van der Waals surface area contributed by atoms with Crippen LogP contribution in [-0.4, -0.2) is 12.2 Å². The molecule has 0 amide bonds. The molecule has 19 heavy (non-hydrogen) atoms. The molecule has 1 aromatic carbocycles. The fourth-order valence-electron chi connectivity index (χ4n) is 2.78. The maximum atomic E-state index is 10.9. The monoisotopic (exact) mass is 274 g/mol. The minimum Gasteiger partial charge on any atom is -0.497 e. The molecule has 0 fully saturated rings. The van der Waals surface area contributed by atoms with Crippen molar-refractivity contribution >= 4 is 11.3 Å². The van der Waals surface area contributed by atoms with Crippen LogP contribution in [0, 0.1) is 6.92 Å². The summed E-state index contributed by atoms with van der Waals surface area (Å²) in [6.07, 6.45) is 2.40. The van der Waals surface area contributed by atoms with Crippen LogP contribution in [0.4, 0.5) is 0 Å². The van der Waals surface area contributed by atoms with Crippen molar-refractivity contribution in [2.75, 3.05) is 7.11 Å². The highest BCUT2D eigenvalue weighted by molar-refractivity contribution is 7.12. The summed E-state index contributed by atoms with van der Waals surface area (Å²) in [5, 5.41) is 10.9. The number of methoxy groups -OCH3 is 1. The second kappa shape index (κ2) is 4.66. The lowest BCUT2D eigenvalue weighted by Crippen LogP contribution is -2.32. The molecule has 2 aromatic rings. The summed E-state index contributed by atoms with van der Waals surface area (Å²) >= 11 is 1.70. The maximum absolute atomic E-state index is 10.9. The van der Waals surface area contributed by atoms with Crippen molar-refractivity contribution in [3.8, 4) is 5.75 Å². The van der Waals surface area contributed by atoms with E-state index in [9.17, 15) is 5.11 Å². The highest BCUT2D eigenvalue weighted by Gasteiger charge is 2.35. The molecule has 1 N–H and O–H groups in total. The first kappa shape index (κ1) is 12.7. The zero-order valence-corrected chi connectivity index (χ0v) is 12.1. The molecule has 0 spiro atoms. The summed E-state index contributed by atoms with van der Waals surface area (Å²) in [4.78, 5) is 2.33. The molecule has 1 heterocycles. The molecule has 2 nitrogen and oxygen atoms in total. The van der Waals surface area contributed by atoms with Crippen LogP contribution >= 0.6 is 11.3 Å². The topological polar surface area (TPSA) is 29.5 Å². The third kappa shape index (κ3) is 2.28. The van der Waals surface area contributed by atoms with E-state index in [1.54, 1.807) is 18.4 Å². The first-order valence-electron chi connectivity index (χ1n) is 6.56. The van der Waals surface area contributed by atoms with Crippen LogP contribution in [0.2, 0.25) is 0 Å². The van der Waals surface area contributed by atoms with E-state index in [4.69, 9.17) is 4.74 Å². The van der Waals surface area contributed by atoms with Crippen LogP contribution in [0.3, 0.4) is 0 Å². The predicted octanol–water partition coefficient (Wildman–Crippen LogP) is 3.44. The fraction of sp³-hybridized carbons (Fsp3) is 0.375. The normalized spacial score (nSPS) is 22.1. The molecule has 0 saturated heterocycles. The molecule has 0 aliphatic heterocycles. The largest absolute Gasteiger partial charge is 0.497 e. The van der Waals surface area contributed by atoms with Crippen molar-refractivity contribution in [2.45, 2.75) is 31.8 Å². The second-order valence-corrected chi connectivity index (χ2v) is 6.54. The van der Waals surface area contributed by atoms with Crippen molar-refractivity contribution in [3.63, 3.8) is 0 Å². The van der Waals surface area contributed by atoms with Gasteiger partial charge in [-0.15, -0.1) is 11.3 Å². The Morgan fingerprint density at radius 1 is 1.21 bits per heavy atom. The lowest BCUT2D eigenvalue weighted by atomic mass is 9.79. The molecule has 1 aromatic heterocycles. The minimum absolute atomic E-state index is 0.680. The van der Waals surface area contributed by atoms with Gasteiger partial charge in [0.15, 0.2) is 0 Å². The molecular weight excluding hydrogens is 256 g/mol. The van der Waals surface area contributed by atoms with Crippen LogP contribution in [0.5, 0.6) is 5.75 Å². The van der Waals surface area contributed by atoms with E-state index in [0.29, 0.717) is 6.42 Å². The standard InChI is InChI=1S/C16H18O2S/c1-11-3-6-15(19-11)16(17)8-7-12-4-5-14(18-2)9-13(12)10-16/h3-6,9,17H,7-8,10H2,1-2H3. The quantitative estimate of drug-likeness (QED) is 0.909. The Balaban J connectivity index is 1.96. The van der Waals surface area contributed by atoms with Crippen molar-refractivity contribution in [3.05, 3.63) is 51.2 Å². The molecule has 1 aliphatic rings. The van der Waals surface area contributed by atoms with E-state index in [1.807, 2.05) is 6.07 Å². The van der Waals surface area contributed by atoms with Gasteiger partial charge in [0.1, 0.15) is 11.4 Å². The predicted molar refractivity (Wildman–Crippen MR) is 78.0 cm³/mol. The molecule has 3 heteroatoms. The SMILES string of the molecule is COc1ccc2c(c1)CC(O)(c1ccc(C)s1)CC2. The molecule has 1 aliphatic carbocycles. The fourth-order valence-corrected chi connectivity index (χ4v) is 3.76. The number of thiophene rings is 1. The molecule has 0 bridgehead atoms. The molecule has 1 unspecified atom stereocenters. The summed E-state index contributed by atoms with van der Waals surface area (Å²) < 4.78 is 5.28. The smallest absolute Gasteiger partial charge is 0.119 e. The average molecular weight is 274 g/mol. The zero-order chi connectivity index (χ0) is 13.5. The Morgan fingerprint density at radius 2 is 2.05 bits per heavy atom. The Morgan fingerprint density at radius 3 is 2.74 bits per heavy atom. The third-order valence-corrected chi connectivity index (χ3v) is 5.10. The van der Waals surface area contributed by atoms with E-state index >= 15 is 0 Å². The van der Waals surface area contributed by atoms with E-state index in [-0.39, 0.29) is 0 Å². The summed E-state index contributed by atoms with van der Waals surface area (Å²) in [5.74, 6) is 0.866. The summed E-state index contributed by atoms with van der Waals surface area (Å²) in [7, 11) is 1.68. The Bertz CT molecular complexity index is 603. The highest BCUT2D eigenvalue weighted by Crippen LogP contribution is 2.40. The van der Waals surface area contributed by atoms with Crippen molar-refractivity contribution in [1.29, 1.82) is 0 Å². The van der Waals surface area contributed by atoms with Crippen LogP contribution < -0.4 is 4.74 Å². The van der Waals surface area contributed by atoms with Crippen molar-refractivity contribution < 1.29 is 9.84 Å². The second-order valence-electron chi connectivity index (χ2n) is 5.25. The van der Waals surface area contributed by atoms with Crippen LogP contribution in [-0.2, 0) is 18.4 Å². The molecule has 3 rings (SSSR count). The summed E-state index contributed by atoms with van der Waals surface area (Å²) in [6.45, 7) is 2.08. The molecule has 0 radical (unpaired) electrons. The van der Waals surface area contributed by atoms with Crippen LogP contribution in [0.15, 0.2) is 30.3 Å². The molecule has 1 atom stereocenters. The minimum atomic E-state index is -0.710. The molecule has 100 valence electrons. The van der Waals surface area contributed by atoms with E-state index < -0.39 is 5.60 Å². The third-order valence-electron chi connectivity index (χ3n) is 3.90. The number of fused-ring (bicyclic) bond motifs is 1. The molecule has 0 saturated carbocycles. The van der Waals surface area contributed by atoms with E-state index in [2.05, 4.69) is 31.2 Å². The van der Waals surface area contributed by atoms with Gasteiger partial charge in [0.2, 0.25) is 0 Å². The molecular formula is C16H18O2S. The van der Waals surface area contributed by atoms with Crippen LogP contribution in [0.1, 0.15) is 27.3 Å². The first-order valence-corrected chi connectivity index (χ1v) is 7.37. The van der Waals surface area contributed by atoms with Gasteiger partial charge in [-0.3, -0.25) is 0 Å². The Kier molecular flexibility index (Phi) is 3.11. The first-order chi connectivity index (χ1) is 9.10. The summed E-state index contributed by atoms with van der Waals surface area (Å²) in [5.41, 5.74) is 1.83. The van der Waals surface area contributed by atoms with Gasteiger partial charge in [0.25, 0.3) is 0 Å². The van der Waals surface area contributed by atoms with Gasteiger partial charge in [-0.05, 0) is 55.2 Å². The van der Waals surface area contributed by atoms with Gasteiger partial charge in [0, 0.05) is 16.2 Å². The highest BCUT2D eigenvalue weighted by atomic mass is 32.1. The number of rotatable bonds is 2. The number of hydrogen-bond acceptors (Lipinski definition) is 3. The van der Waals surface area contributed by atoms with Gasteiger partial charge < -0.3 is 9.84 Å². The van der Waals surface area contributed by atoms with E-state index in [1.165, 1.54) is 16.0 Å². The average Bonchev–Trinajstić information content (AvgIpc) is 2.85. The van der Waals surface area contributed by atoms with Gasteiger partial charge in [-0.1, -0.05) is 6.07 Å². The Labute approximate surface area is 117 Å². The van der Waals surface area contributed by atoms with Crippen molar-refractivity contribution in [1.82, 2.24) is 0 Å². The van der Waals surface area contributed by atoms with Gasteiger partial charge >= 0.3 is 0 Å². The van der Waals surface area contributed by atoms with Gasteiger partial charge in [-0.25, -0.2) is 0 Å². The van der Waals surface area contributed by atoms with Gasteiger partial charge in [0.05, 0.1) is 7.11 Å². The van der Waals surface area contributed by atoms with Crippen LogP contribution in [0.25, 0.3) is 0 Å².